The minimum atomic E-state index is 0.0908. The van der Waals surface area contributed by atoms with Gasteiger partial charge in [0.25, 0.3) is 0 Å². The fraction of sp³-hybridized carbons (Fsp3) is 0.423. The number of rotatable bonds is 7. The van der Waals surface area contributed by atoms with E-state index in [9.17, 15) is 5.11 Å². The van der Waals surface area contributed by atoms with Crippen LogP contribution in [0.3, 0.4) is 0 Å². The summed E-state index contributed by atoms with van der Waals surface area (Å²) in [4.78, 5) is 15.4. The molecule has 0 saturated carbocycles. The van der Waals surface area contributed by atoms with Crippen molar-refractivity contribution in [1.29, 1.82) is 0 Å². The van der Waals surface area contributed by atoms with Crippen molar-refractivity contribution in [3.05, 3.63) is 46.7 Å². The third kappa shape index (κ3) is 5.99. The molecule has 0 radical (unpaired) electrons. The van der Waals surface area contributed by atoms with E-state index in [1.807, 2.05) is 37.3 Å². The largest absolute Gasteiger partial charge is 0.507 e. The first-order chi connectivity index (χ1) is 15.6. The Morgan fingerprint density at radius 3 is 2.79 bits per heavy atom. The highest BCUT2D eigenvalue weighted by Crippen LogP contribution is 2.31. The lowest BCUT2D eigenvalue weighted by Crippen LogP contribution is -2.44. The van der Waals surface area contributed by atoms with Gasteiger partial charge in [0.05, 0.1) is 11.4 Å². The van der Waals surface area contributed by atoms with Gasteiger partial charge < -0.3 is 21.1 Å². The Hall–Kier alpha value is -3.19. The van der Waals surface area contributed by atoms with Gasteiger partial charge in [0.2, 0.25) is 0 Å². The van der Waals surface area contributed by atoms with E-state index in [1.165, 1.54) is 0 Å². The minimum absolute atomic E-state index is 0.0908. The second-order valence-corrected chi connectivity index (χ2v) is 9.56. The molecule has 2 heterocycles. The molecule has 0 spiro atoms. The van der Waals surface area contributed by atoms with Crippen molar-refractivity contribution in [1.82, 2.24) is 10.3 Å². The summed E-state index contributed by atoms with van der Waals surface area (Å²) in [6.45, 7) is 14.0. The summed E-state index contributed by atoms with van der Waals surface area (Å²) in [7, 11) is 1.70. The molecule has 0 bridgehead atoms. The highest BCUT2D eigenvalue weighted by Gasteiger charge is 2.26. The van der Waals surface area contributed by atoms with Crippen molar-refractivity contribution in [3.8, 4) is 5.75 Å². The number of aromatic nitrogens is 1. The first-order valence-corrected chi connectivity index (χ1v) is 11.3. The molecule has 1 aromatic heterocycles. The summed E-state index contributed by atoms with van der Waals surface area (Å²) >= 11 is 0. The smallest absolute Gasteiger partial charge is 0.129 e. The summed E-state index contributed by atoms with van der Waals surface area (Å²) < 4.78 is 0. The van der Waals surface area contributed by atoms with Crippen molar-refractivity contribution in [2.75, 3.05) is 30.8 Å². The Morgan fingerprint density at radius 1 is 1.36 bits per heavy atom. The van der Waals surface area contributed by atoms with E-state index in [0.717, 1.165) is 47.8 Å². The van der Waals surface area contributed by atoms with Gasteiger partial charge in [0.15, 0.2) is 0 Å². The molecule has 176 valence electrons. The second kappa shape index (κ2) is 10.2. The molecular formula is C26H36N6O. The Labute approximate surface area is 197 Å². The second-order valence-electron chi connectivity index (χ2n) is 9.56. The number of nitrogens with two attached hydrogens (primary N) is 1. The molecule has 0 aliphatic carbocycles. The number of hydrogen-bond acceptors (Lipinski definition) is 7. The summed E-state index contributed by atoms with van der Waals surface area (Å²) in [5.74, 6) is 1.15. The number of nitrogen functional groups attached to an aromatic ring is 1. The molecule has 0 amide bonds. The lowest BCUT2D eigenvalue weighted by Gasteiger charge is -2.26. The van der Waals surface area contributed by atoms with Gasteiger partial charge in [0.1, 0.15) is 11.6 Å². The zero-order valence-corrected chi connectivity index (χ0v) is 20.4. The number of allylic oxidation sites excluding steroid dienone is 1. The van der Waals surface area contributed by atoms with E-state index in [0.29, 0.717) is 23.7 Å². The Bertz CT molecular complexity index is 1070. The van der Waals surface area contributed by atoms with Crippen LogP contribution in [0, 0.1) is 6.92 Å². The number of anilines is 2. The van der Waals surface area contributed by atoms with E-state index in [4.69, 9.17) is 10.7 Å². The number of hydrogen-bond donors (Lipinski definition) is 3. The van der Waals surface area contributed by atoms with Gasteiger partial charge in [-0.05, 0) is 77.1 Å². The van der Waals surface area contributed by atoms with Crippen LogP contribution in [-0.4, -0.2) is 54.7 Å². The molecule has 33 heavy (non-hydrogen) atoms. The van der Waals surface area contributed by atoms with Gasteiger partial charge in [-0.3, -0.25) is 9.98 Å². The van der Waals surface area contributed by atoms with Crippen LogP contribution in [-0.2, 0) is 6.42 Å². The predicted octanol–water partition coefficient (Wildman–Crippen LogP) is 4.28. The van der Waals surface area contributed by atoms with Crippen LogP contribution in [0.2, 0.25) is 0 Å². The summed E-state index contributed by atoms with van der Waals surface area (Å²) in [5, 5.41) is 14.2. The summed E-state index contributed by atoms with van der Waals surface area (Å²) in [6, 6.07) is 6.28. The molecule has 1 atom stereocenters. The number of pyridine rings is 1. The average Bonchev–Trinajstić information content (AvgIpc) is 3.22. The third-order valence-electron chi connectivity index (χ3n) is 5.79. The monoisotopic (exact) mass is 448 g/mol. The molecule has 2 aromatic rings. The standard InChI is InChI=1S/C26H36N6O/c1-17-24(27)19(15-28-5)14-18(25(17)33)8-7-9-22-21(29-6)10-11-23(30-22)32-13-12-20(16-32)31-26(2,3)4/h7,9-11,14-15,20,31,33H,6,8,12-13,16,27H2,1-5H3/b9-7-,28-15?. The van der Waals surface area contributed by atoms with Crippen molar-refractivity contribution >= 4 is 36.2 Å². The maximum absolute atomic E-state index is 10.5. The number of nitrogens with zero attached hydrogens (tertiary/aromatic N) is 4. The Balaban J connectivity index is 1.80. The molecule has 3 rings (SSSR count). The quantitative estimate of drug-likeness (QED) is 0.434. The minimum Gasteiger partial charge on any atom is -0.507 e. The lowest BCUT2D eigenvalue weighted by molar-refractivity contribution is 0.373. The third-order valence-corrected chi connectivity index (χ3v) is 5.79. The van der Waals surface area contributed by atoms with Crippen LogP contribution in [0.4, 0.5) is 17.2 Å². The highest BCUT2D eigenvalue weighted by molar-refractivity contribution is 5.89. The number of nitrogens with one attached hydrogen (secondary N) is 1. The Kier molecular flexibility index (Phi) is 7.53. The molecule has 4 N–H and O–H groups in total. The molecule has 7 heteroatoms. The van der Waals surface area contributed by atoms with E-state index in [-0.39, 0.29) is 11.3 Å². The van der Waals surface area contributed by atoms with Gasteiger partial charge in [-0.25, -0.2) is 4.98 Å². The predicted molar refractivity (Wildman–Crippen MR) is 140 cm³/mol. The summed E-state index contributed by atoms with van der Waals surface area (Å²) in [6.07, 6.45) is 7.24. The van der Waals surface area contributed by atoms with E-state index < -0.39 is 0 Å². The number of phenols is 1. The topological polar surface area (TPSA) is 99.1 Å². The fourth-order valence-corrected chi connectivity index (χ4v) is 4.21. The van der Waals surface area contributed by atoms with Crippen LogP contribution in [0.15, 0.2) is 34.3 Å². The molecule has 1 aromatic carbocycles. The molecule has 1 aliphatic heterocycles. The van der Waals surface area contributed by atoms with Crippen LogP contribution in [0.1, 0.15) is 49.6 Å². The number of phenolic OH excluding ortho intramolecular Hbond substituents is 1. The molecule has 1 saturated heterocycles. The fourth-order valence-electron chi connectivity index (χ4n) is 4.21. The highest BCUT2D eigenvalue weighted by atomic mass is 16.3. The molecule has 7 nitrogen and oxygen atoms in total. The van der Waals surface area contributed by atoms with Crippen molar-refractivity contribution in [2.24, 2.45) is 9.98 Å². The van der Waals surface area contributed by atoms with Crippen LogP contribution in [0.25, 0.3) is 6.08 Å². The molecule has 1 aliphatic rings. The van der Waals surface area contributed by atoms with Gasteiger partial charge in [-0.1, -0.05) is 6.08 Å². The number of aromatic hydroxyl groups is 1. The van der Waals surface area contributed by atoms with Crippen molar-refractivity contribution < 1.29 is 5.11 Å². The molecule has 1 fully saturated rings. The van der Waals surface area contributed by atoms with E-state index in [1.54, 1.807) is 13.3 Å². The maximum atomic E-state index is 10.5. The normalized spacial score (nSPS) is 16.9. The van der Waals surface area contributed by atoms with Gasteiger partial charge in [-0.15, -0.1) is 0 Å². The SMILES string of the molecule is C=Nc1ccc(N2CCC(NC(C)(C)C)C2)nc1/C=C\Cc1cc(C=NC)c(N)c(C)c1O. The van der Waals surface area contributed by atoms with Gasteiger partial charge in [0, 0.05) is 54.7 Å². The first kappa shape index (κ1) is 24.5. The number of aliphatic imine (C=N–C) groups is 2. The molecular weight excluding hydrogens is 412 g/mol. The van der Waals surface area contributed by atoms with Crippen molar-refractivity contribution in [2.45, 2.75) is 52.1 Å². The van der Waals surface area contributed by atoms with Crippen molar-refractivity contribution in [3.63, 3.8) is 0 Å². The number of benzene rings is 1. The lowest BCUT2D eigenvalue weighted by atomic mass is 10.00. The van der Waals surface area contributed by atoms with Crippen LogP contribution in [0.5, 0.6) is 5.75 Å². The average molecular weight is 449 g/mol. The summed E-state index contributed by atoms with van der Waals surface area (Å²) in [5.41, 5.74) is 10.5. The van der Waals surface area contributed by atoms with Gasteiger partial charge in [-0.2, -0.15) is 0 Å². The van der Waals surface area contributed by atoms with E-state index >= 15 is 0 Å². The maximum Gasteiger partial charge on any atom is 0.129 e. The van der Waals surface area contributed by atoms with Crippen LogP contribution < -0.4 is 16.0 Å². The zero-order chi connectivity index (χ0) is 24.2. The van der Waals surface area contributed by atoms with E-state index in [2.05, 4.69) is 47.7 Å². The first-order valence-electron chi connectivity index (χ1n) is 11.3. The Morgan fingerprint density at radius 2 is 2.12 bits per heavy atom. The molecule has 1 unspecified atom stereocenters. The van der Waals surface area contributed by atoms with Gasteiger partial charge >= 0.3 is 0 Å². The van der Waals surface area contributed by atoms with Crippen LogP contribution >= 0.6 is 0 Å². The zero-order valence-electron chi connectivity index (χ0n) is 20.4.